The summed E-state index contributed by atoms with van der Waals surface area (Å²) < 4.78 is 26.6. The predicted octanol–water partition coefficient (Wildman–Crippen LogP) is 1.94. The van der Waals surface area contributed by atoms with Crippen LogP contribution in [-0.4, -0.2) is 30.8 Å². The Morgan fingerprint density at radius 1 is 1.40 bits per heavy atom. The van der Waals surface area contributed by atoms with E-state index in [4.69, 9.17) is 18.0 Å². The molecule has 0 saturated carbocycles. The number of sulfonamides is 1. The van der Waals surface area contributed by atoms with Gasteiger partial charge in [-0.15, -0.1) is 0 Å². The molecule has 1 atom stereocenters. The minimum Gasteiger partial charge on any atom is -0.393 e. The van der Waals surface area contributed by atoms with E-state index >= 15 is 0 Å². The lowest BCUT2D eigenvalue weighted by Gasteiger charge is -2.16. The molecule has 1 unspecified atom stereocenters. The molecule has 0 amide bonds. The molecule has 1 aromatic rings. The van der Waals surface area contributed by atoms with Crippen LogP contribution in [0.25, 0.3) is 0 Å². The monoisotopic (exact) mass is 312 g/mol. The van der Waals surface area contributed by atoms with Crippen LogP contribution in [0.5, 0.6) is 0 Å². The first-order valence-corrected chi connectivity index (χ1v) is 8.65. The second kappa shape index (κ2) is 6.20. The molecule has 1 aliphatic heterocycles. The Morgan fingerprint density at radius 3 is 2.55 bits per heavy atom. The maximum atomic E-state index is 12.5. The lowest BCUT2D eigenvalue weighted by molar-refractivity contribution is 0.453. The molecule has 1 fully saturated rings. The molecule has 1 heterocycles. The van der Waals surface area contributed by atoms with Crippen molar-refractivity contribution in [1.29, 1.82) is 0 Å². The van der Waals surface area contributed by atoms with Gasteiger partial charge in [0.25, 0.3) is 0 Å². The van der Waals surface area contributed by atoms with E-state index in [9.17, 15) is 8.42 Å². The highest BCUT2D eigenvalue weighted by Gasteiger charge is 2.31. The second-order valence-electron chi connectivity index (χ2n) is 5.21. The molecule has 2 N–H and O–H groups in total. The van der Waals surface area contributed by atoms with Gasteiger partial charge in [0.2, 0.25) is 10.0 Å². The van der Waals surface area contributed by atoms with Crippen molar-refractivity contribution >= 4 is 27.2 Å². The van der Waals surface area contributed by atoms with Gasteiger partial charge in [0, 0.05) is 19.5 Å². The van der Waals surface area contributed by atoms with Crippen molar-refractivity contribution in [3.05, 3.63) is 29.8 Å². The Balaban J connectivity index is 2.16. The van der Waals surface area contributed by atoms with Gasteiger partial charge in [0.05, 0.1) is 9.88 Å². The van der Waals surface area contributed by atoms with E-state index in [1.54, 1.807) is 28.6 Å². The minimum atomic E-state index is -3.36. The van der Waals surface area contributed by atoms with Crippen LogP contribution in [0.2, 0.25) is 0 Å². The number of rotatable bonds is 5. The van der Waals surface area contributed by atoms with Crippen LogP contribution in [-0.2, 0) is 16.4 Å². The average Bonchev–Trinajstić information content (AvgIpc) is 2.88. The zero-order valence-corrected chi connectivity index (χ0v) is 13.2. The van der Waals surface area contributed by atoms with Crippen LogP contribution < -0.4 is 5.73 Å². The summed E-state index contributed by atoms with van der Waals surface area (Å²) in [4.78, 5) is 0.756. The van der Waals surface area contributed by atoms with Crippen LogP contribution >= 0.6 is 12.2 Å². The first-order valence-electron chi connectivity index (χ1n) is 6.81. The molecular formula is C14H20N2O2S2. The molecule has 1 saturated heterocycles. The first-order chi connectivity index (χ1) is 9.43. The van der Waals surface area contributed by atoms with Gasteiger partial charge in [-0.3, -0.25) is 0 Å². The van der Waals surface area contributed by atoms with Gasteiger partial charge < -0.3 is 5.73 Å². The molecule has 0 bridgehead atoms. The smallest absolute Gasteiger partial charge is 0.243 e. The highest BCUT2D eigenvalue weighted by Crippen LogP contribution is 2.26. The van der Waals surface area contributed by atoms with E-state index in [1.807, 2.05) is 0 Å². The van der Waals surface area contributed by atoms with Crippen molar-refractivity contribution in [2.75, 3.05) is 13.1 Å². The Labute approximate surface area is 126 Å². The van der Waals surface area contributed by atoms with Gasteiger partial charge in [0.1, 0.15) is 0 Å². The molecule has 110 valence electrons. The number of thiocarbonyl (C=S) groups is 1. The molecule has 6 heteroatoms. The number of hydrogen-bond acceptors (Lipinski definition) is 3. The van der Waals surface area contributed by atoms with Gasteiger partial charge in [-0.2, -0.15) is 4.31 Å². The number of hydrogen-bond donors (Lipinski definition) is 1. The topological polar surface area (TPSA) is 63.4 Å². The summed E-state index contributed by atoms with van der Waals surface area (Å²) in [5, 5.41) is 0. The van der Waals surface area contributed by atoms with Gasteiger partial charge >= 0.3 is 0 Å². The fraction of sp³-hybridized carbons (Fsp3) is 0.500. The number of nitrogens with two attached hydrogens (primary N) is 1. The maximum absolute atomic E-state index is 12.5. The molecule has 2 rings (SSSR count). The summed E-state index contributed by atoms with van der Waals surface area (Å²) in [6, 6.07) is 6.84. The Kier molecular flexibility index (Phi) is 4.78. The van der Waals surface area contributed by atoms with E-state index in [2.05, 4.69) is 6.92 Å². The third-order valence-electron chi connectivity index (χ3n) is 3.77. The van der Waals surface area contributed by atoms with Crippen molar-refractivity contribution in [3.8, 4) is 0 Å². The van der Waals surface area contributed by atoms with Crippen LogP contribution in [0.4, 0.5) is 0 Å². The normalized spacial score (nSPS) is 20.1. The molecule has 0 aromatic heterocycles. The van der Waals surface area contributed by atoms with Crippen molar-refractivity contribution in [1.82, 2.24) is 4.31 Å². The molecule has 0 radical (unpaired) electrons. The quantitative estimate of drug-likeness (QED) is 0.844. The SMILES string of the molecule is CCC1CCN(S(=O)(=O)c2ccc(CC(N)=S)cc2)C1. The lowest BCUT2D eigenvalue weighted by Crippen LogP contribution is -2.28. The van der Waals surface area contributed by atoms with E-state index < -0.39 is 10.0 Å². The Morgan fingerprint density at radius 2 is 2.05 bits per heavy atom. The van der Waals surface area contributed by atoms with Crippen molar-refractivity contribution < 1.29 is 8.42 Å². The number of nitrogens with zero attached hydrogens (tertiary/aromatic N) is 1. The molecule has 4 nitrogen and oxygen atoms in total. The van der Waals surface area contributed by atoms with Crippen molar-refractivity contribution in [3.63, 3.8) is 0 Å². The van der Waals surface area contributed by atoms with E-state index in [0.717, 1.165) is 18.4 Å². The van der Waals surface area contributed by atoms with Gasteiger partial charge in [-0.25, -0.2) is 8.42 Å². The molecule has 1 aliphatic rings. The zero-order chi connectivity index (χ0) is 14.8. The van der Waals surface area contributed by atoms with Crippen molar-refractivity contribution in [2.45, 2.75) is 31.1 Å². The molecular weight excluding hydrogens is 292 g/mol. The summed E-state index contributed by atoms with van der Waals surface area (Å²) in [6.07, 6.45) is 2.48. The molecule has 1 aromatic carbocycles. The van der Waals surface area contributed by atoms with Crippen molar-refractivity contribution in [2.24, 2.45) is 11.7 Å². The molecule has 20 heavy (non-hydrogen) atoms. The third kappa shape index (κ3) is 3.37. The van der Waals surface area contributed by atoms with Crippen LogP contribution in [0.3, 0.4) is 0 Å². The van der Waals surface area contributed by atoms with E-state index in [1.165, 1.54) is 0 Å². The summed E-state index contributed by atoms with van der Waals surface area (Å²) in [5.74, 6) is 0.485. The van der Waals surface area contributed by atoms with Crippen LogP contribution in [0.15, 0.2) is 29.2 Å². The number of benzene rings is 1. The van der Waals surface area contributed by atoms with Gasteiger partial charge in [0.15, 0.2) is 0 Å². The maximum Gasteiger partial charge on any atom is 0.243 e. The first kappa shape index (κ1) is 15.4. The van der Waals surface area contributed by atoms with Crippen LogP contribution in [0.1, 0.15) is 25.3 Å². The lowest BCUT2D eigenvalue weighted by atomic mass is 10.1. The van der Waals surface area contributed by atoms with Gasteiger partial charge in [-0.05, 0) is 30.0 Å². The summed E-state index contributed by atoms with van der Waals surface area (Å²) in [6.45, 7) is 3.36. The second-order valence-corrected chi connectivity index (χ2v) is 7.68. The zero-order valence-electron chi connectivity index (χ0n) is 11.6. The van der Waals surface area contributed by atoms with Crippen LogP contribution in [0, 0.1) is 5.92 Å². The third-order valence-corrected chi connectivity index (χ3v) is 5.79. The molecule has 0 aliphatic carbocycles. The summed E-state index contributed by atoms with van der Waals surface area (Å²) in [7, 11) is -3.36. The highest BCUT2D eigenvalue weighted by atomic mass is 32.2. The minimum absolute atomic E-state index is 0.348. The molecule has 0 spiro atoms. The Hall–Kier alpha value is -0.980. The van der Waals surface area contributed by atoms with Gasteiger partial charge in [-0.1, -0.05) is 37.7 Å². The summed E-state index contributed by atoms with van der Waals surface area (Å²) in [5.41, 5.74) is 6.42. The largest absolute Gasteiger partial charge is 0.393 e. The van der Waals surface area contributed by atoms with E-state index in [0.29, 0.717) is 35.3 Å². The summed E-state index contributed by atoms with van der Waals surface area (Å²) >= 11 is 4.85. The highest BCUT2D eigenvalue weighted by molar-refractivity contribution is 7.89. The Bertz CT molecular complexity index is 582. The predicted molar refractivity (Wildman–Crippen MR) is 84.1 cm³/mol. The standard InChI is InChI=1S/C14H20N2O2S2/c1-2-11-7-8-16(10-11)20(17,18)13-5-3-12(4-6-13)9-14(15)19/h3-6,11H,2,7-10H2,1H3,(H2,15,19). The fourth-order valence-corrected chi connectivity index (χ4v) is 4.18. The van der Waals surface area contributed by atoms with E-state index in [-0.39, 0.29) is 0 Å². The fourth-order valence-electron chi connectivity index (χ4n) is 2.48. The average molecular weight is 312 g/mol.